The van der Waals surface area contributed by atoms with Crippen LogP contribution in [0.3, 0.4) is 0 Å². The van der Waals surface area contributed by atoms with Gasteiger partial charge in [0.05, 0.1) is 0 Å². The van der Waals surface area contributed by atoms with Crippen LogP contribution in [-0.4, -0.2) is 24.3 Å². The van der Waals surface area contributed by atoms with Gasteiger partial charge in [0, 0.05) is 24.6 Å². The molecule has 0 radical (unpaired) electrons. The smallest absolute Gasteiger partial charge is 0.0499 e. The zero-order valence-electron chi connectivity index (χ0n) is 12.3. The molecule has 0 aliphatic heterocycles. The average molecular weight is 253 g/mol. The molecule has 2 heteroatoms. The van der Waals surface area contributed by atoms with Crippen molar-refractivity contribution in [3.05, 3.63) is 0 Å². The quantitative estimate of drug-likeness (QED) is 0.729. The molecule has 18 heavy (non-hydrogen) atoms. The Bertz CT molecular complexity index is 237. The summed E-state index contributed by atoms with van der Waals surface area (Å²) in [6.07, 6.45) is 10.7. The monoisotopic (exact) mass is 253 g/mol. The average Bonchev–Trinajstić information content (AvgIpc) is 3.26. The van der Waals surface area contributed by atoms with Gasteiger partial charge in [0.2, 0.25) is 0 Å². The SMILES string of the molecule is CCC(CC)(CO)CNC1CCCC(C2CC2)C1. The Balaban J connectivity index is 1.77. The third-order valence-corrected chi connectivity index (χ3v) is 5.60. The van der Waals surface area contributed by atoms with Crippen molar-refractivity contribution in [2.45, 2.75) is 71.3 Å². The van der Waals surface area contributed by atoms with E-state index in [1.807, 2.05) is 0 Å². The highest BCUT2D eigenvalue weighted by Crippen LogP contribution is 2.44. The van der Waals surface area contributed by atoms with Gasteiger partial charge in [0.15, 0.2) is 0 Å². The van der Waals surface area contributed by atoms with Crippen LogP contribution in [0.2, 0.25) is 0 Å². The minimum absolute atomic E-state index is 0.118. The van der Waals surface area contributed by atoms with E-state index in [9.17, 15) is 5.11 Å². The zero-order valence-corrected chi connectivity index (χ0v) is 12.3. The molecule has 0 bridgehead atoms. The number of hydrogen-bond donors (Lipinski definition) is 2. The van der Waals surface area contributed by atoms with E-state index >= 15 is 0 Å². The first kappa shape index (κ1) is 14.3. The summed E-state index contributed by atoms with van der Waals surface area (Å²) in [6.45, 7) is 5.73. The van der Waals surface area contributed by atoms with Gasteiger partial charge in [-0.05, 0) is 50.4 Å². The van der Waals surface area contributed by atoms with Crippen LogP contribution in [0.1, 0.15) is 65.2 Å². The molecule has 0 aromatic rings. The highest BCUT2D eigenvalue weighted by atomic mass is 16.3. The van der Waals surface area contributed by atoms with Crippen molar-refractivity contribution in [1.29, 1.82) is 0 Å². The molecule has 0 aromatic carbocycles. The minimum atomic E-state index is 0.118. The van der Waals surface area contributed by atoms with Crippen LogP contribution in [0.5, 0.6) is 0 Å². The van der Waals surface area contributed by atoms with Gasteiger partial charge in [-0.25, -0.2) is 0 Å². The third kappa shape index (κ3) is 3.48. The Morgan fingerprint density at radius 2 is 1.78 bits per heavy atom. The zero-order chi connectivity index (χ0) is 13.0. The molecule has 0 amide bonds. The maximum atomic E-state index is 9.62. The first-order valence-corrected chi connectivity index (χ1v) is 8.07. The molecule has 2 unspecified atom stereocenters. The first-order chi connectivity index (χ1) is 8.73. The summed E-state index contributed by atoms with van der Waals surface area (Å²) in [5.41, 5.74) is 0.118. The summed E-state index contributed by atoms with van der Waals surface area (Å²) in [7, 11) is 0. The predicted octanol–water partition coefficient (Wildman–Crippen LogP) is 3.34. The molecule has 0 aromatic heterocycles. The van der Waals surface area contributed by atoms with Gasteiger partial charge in [0.25, 0.3) is 0 Å². The summed E-state index contributed by atoms with van der Waals surface area (Å²) in [5.74, 6) is 2.07. The van der Waals surface area contributed by atoms with Crippen LogP contribution < -0.4 is 5.32 Å². The van der Waals surface area contributed by atoms with Crippen molar-refractivity contribution in [3.8, 4) is 0 Å². The lowest BCUT2D eigenvalue weighted by atomic mass is 9.80. The lowest BCUT2D eigenvalue weighted by molar-refractivity contribution is 0.104. The summed E-state index contributed by atoms with van der Waals surface area (Å²) in [6, 6.07) is 0.716. The van der Waals surface area contributed by atoms with E-state index in [-0.39, 0.29) is 5.41 Å². The lowest BCUT2D eigenvalue weighted by Gasteiger charge is -2.35. The molecule has 2 aliphatic carbocycles. The summed E-state index contributed by atoms with van der Waals surface area (Å²) < 4.78 is 0. The summed E-state index contributed by atoms with van der Waals surface area (Å²) >= 11 is 0. The normalized spacial score (nSPS) is 29.5. The third-order valence-electron chi connectivity index (χ3n) is 5.60. The molecule has 0 heterocycles. The summed E-state index contributed by atoms with van der Waals surface area (Å²) in [5, 5.41) is 13.4. The molecule has 0 saturated heterocycles. The van der Waals surface area contributed by atoms with Gasteiger partial charge in [-0.2, -0.15) is 0 Å². The second kappa shape index (κ2) is 6.38. The molecular formula is C16H31NO. The topological polar surface area (TPSA) is 32.3 Å². The maximum absolute atomic E-state index is 9.62. The van der Waals surface area contributed by atoms with Crippen LogP contribution >= 0.6 is 0 Å². The lowest BCUT2D eigenvalue weighted by Crippen LogP contribution is -2.43. The van der Waals surface area contributed by atoms with E-state index in [0.717, 1.165) is 31.2 Å². The molecule has 2 atom stereocenters. The summed E-state index contributed by atoms with van der Waals surface area (Å²) in [4.78, 5) is 0. The van der Waals surface area contributed by atoms with Gasteiger partial charge in [0.1, 0.15) is 0 Å². The number of aliphatic hydroxyl groups excluding tert-OH is 1. The van der Waals surface area contributed by atoms with Crippen LogP contribution in [0.4, 0.5) is 0 Å². The Morgan fingerprint density at radius 3 is 2.33 bits per heavy atom. The minimum Gasteiger partial charge on any atom is -0.396 e. The van der Waals surface area contributed by atoms with Crippen molar-refractivity contribution in [3.63, 3.8) is 0 Å². The standard InChI is InChI=1S/C16H31NO/c1-3-16(4-2,12-18)11-17-15-7-5-6-14(10-15)13-8-9-13/h13-15,17-18H,3-12H2,1-2H3. The first-order valence-electron chi connectivity index (χ1n) is 8.07. The molecule has 2 fully saturated rings. The van der Waals surface area contributed by atoms with Crippen LogP contribution in [-0.2, 0) is 0 Å². The van der Waals surface area contributed by atoms with Crippen LogP contribution in [0, 0.1) is 17.3 Å². The van der Waals surface area contributed by atoms with E-state index in [1.54, 1.807) is 0 Å². The molecule has 106 valence electrons. The van der Waals surface area contributed by atoms with Gasteiger partial charge in [-0.15, -0.1) is 0 Å². The van der Waals surface area contributed by atoms with E-state index < -0.39 is 0 Å². The van der Waals surface area contributed by atoms with Crippen molar-refractivity contribution in [2.75, 3.05) is 13.2 Å². The van der Waals surface area contributed by atoms with E-state index in [4.69, 9.17) is 0 Å². The molecule has 2 rings (SSSR count). The molecule has 0 spiro atoms. The Kier molecular flexibility index (Phi) is 5.08. The Labute approximate surface area is 113 Å². The van der Waals surface area contributed by atoms with Crippen LogP contribution in [0.15, 0.2) is 0 Å². The largest absolute Gasteiger partial charge is 0.396 e. The van der Waals surface area contributed by atoms with Crippen molar-refractivity contribution in [2.24, 2.45) is 17.3 Å². The maximum Gasteiger partial charge on any atom is 0.0499 e. The highest BCUT2D eigenvalue weighted by Gasteiger charge is 2.35. The number of aliphatic hydroxyl groups is 1. The fourth-order valence-electron chi connectivity index (χ4n) is 3.55. The Hall–Kier alpha value is -0.0800. The van der Waals surface area contributed by atoms with Crippen molar-refractivity contribution in [1.82, 2.24) is 5.32 Å². The van der Waals surface area contributed by atoms with E-state index in [1.165, 1.54) is 38.5 Å². The predicted molar refractivity (Wildman–Crippen MR) is 76.6 cm³/mol. The second-order valence-corrected chi connectivity index (χ2v) is 6.71. The van der Waals surface area contributed by atoms with Crippen molar-refractivity contribution < 1.29 is 5.11 Å². The molecule has 2 nitrogen and oxygen atoms in total. The fourth-order valence-corrected chi connectivity index (χ4v) is 3.55. The van der Waals surface area contributed by atoms with Gasteiger partial charge in [-0.3, -0.25) is 0 Å². The molecule has 2 N–H and O–H groups in total. The van der Waals surface area contributed by atoms with Crippen molar-refractivity contribution >= 4 is 0 Å². The van der Waals surface area contributed by atoms with Crippen LogP contribution in [0.25, 0.3) is 0 Å². The molecule has 2 saturated carbocycles. The fraction of sp³-hybridized carbons (Fsp3) is 1.00. The van der Waals surface area contributed by atoms with E-state index in [2.05, 4.69) is 19.2 Å². The molecule has 2 aliphatic rings. The van der Waals surface area contributed by atoms with Gasteiger partial charge < -0.3 is 10.4 Å². The van der Waals surface area contributed by atoms with E-state index in [0.29, 0.717) is 12.6 Å². The Morgan fingerprint density at radius 1 is 1.06 bits per heavy atom. The number of rotatable bonds is 7. The second-order valence-electron chi connectivity index (χ2n) is 6.71. The highest BCUT2D eigenvalue weighted by molar-refractivity contribution is 4.89. The van der Waals surface area contributed by atoms with Gasteiger partial charge >= 0.3 is 0 Å². The number of hydrogen-bond acceptors (Lipinski definition) is 2. The number of nitrogens with one attached hydrogen (secondary N) is 1. The van der Waals surface area contributed by atoms with Gasteiger partial charge in [-0.1, -0.05) is 26.7 Å². The molecular weight excluding hydrogens is 222 g/mol.